The maximum absolute atomic E-state index is 11.9. The van der Waals surface area contributed by atoms with E-state index >= 15 is 0 Å². The van der Waals surface area contributed by atoms with E-state index in [4.69, 9.17) is 4.74 Å². The first-order valence-corrected chi connectivity index (χ1v) is 6.71. The van der Waals surface area contributed by atoms with Crippen LogP contribution in [0.2, 0.25) is 0 Å². The number of fused-ring (bicyclic) bond motifs is 3. The number of carbonyl (C=O) groups excluding carboxylic acids is 2. The highest BCUT2D eigenvalue weighted by atomic mass is 16.5. The Morgan fingerprint density at radius 1 is 1.39 bits per heavy atom. The molecule has 0 heterocycles. The van der Waals surface area contributed by atoms with Gasteiger partial charge in [-0.2, -0.15) is 0 Å². The Labute approximate surface area is 108 Å². The fraction of sp³-hybridized carbons (Fsp3) is 0.733. The van der Waals surface area contributed by atoms with E-state index in [0.717, 1.165) is 19.3 Å². The third-order valence-electron chi connectivity index (χ3n) is 5.54. The molecule has 0 unspecified atom stereocenters. The van der Waals surface area contributed by atoms with E-state index in [1.165, 1.54) is 12.7 Å². The summed E-state index contributed by atoms with van der Waals surface area (Å²) in [7, 11) is 1.47. The summed E-state index contributed by atoms with van der Waals surface area (Å²) in [5.74, 6) is 1.20. The van der Waals surface area contributed by atoms with Crippen molar-refractivity contribution < 1.29 is 14.3 Å². The molecule has 0 aromatic carbocycles. The van der Waals surface area contributed by atoms with Crippen molar-refractivity contribution >= 4 is 11.8 Å². The Kier molecular flexibility index (Phi) is 2.30. The van der Waals surface area contributed by atoms with Crippen LogP contribution in [0, 0.1) is 22.7 Å². The monoisotopic (exact) mass is 248 g/mol. The normalized spacial score (nSPS) is 45.7. The minimum absolute atomic E-state index is 0.0214. The molecule has 0 saturated heterocycles. The highest BCUT2D eigenvalue weighted by molar-refractivity contribution is 5.94. The van der Waals surface area contributed by atoms with Gasteiger partial charge in [0.25, 0.3) is 0 Å². The molecule has 0 aromatic rings. The fourth-order valence-corrected chi connectivity index (χ4v) is 4.66. The van der Waals surface area contributed by atoms with Crippen LogP contribution in [-0.2, 0) is 14.3 Å². The van der Waals surface area contributed by atoms with Gasteiger partial charge in [0.05, 0.1) is 12.5 Å². The minimum atomic E-state index is -0.343. The second-order valence-electron chi connectivity index (χ2n) is 6.76. The van der Waals surface area contributed by atoms with Crippen molar-refractivity contribution in [3.05, 3.63) is 11.6 Å². The number of methoxy groups -OCH3 is 1. The van der Waals surface area contributed by atoms with E-state index in [1.54, 1.807) is 0 Å². The molecule has 2 fully saturated rings. The molecule has 0 spiro atoms. The molecule has 0 aliphatic heterocycles. The molecule has 18 heavy (non-hydrogen) atoms. The van der Waals surface area contributed by atoms with E-state index in [0.29, 0.717) is 18.3 Å². The number of ketones is 1. The summed E-state index contributed by atoms with van der Waals surface area (Å²) in [6.45, 7) is 4.22. The average Bonchev–Trinajstić information content (AvgIpc) is 2.84. The number of rotatable bonds is 1. The Morgan fingerprint density at radius 3 is 2.78 bits per heavy atom. The van der Waals surface area contributed by atoms with Crippen molar-refractivity contribution in [2.24, 2.45) is 22.7 Å². The predicted octanol–water partition coefficient (Wildman–Crippen LogP) is 2.50. The average molecular weight is 248 g/mol. The van der Waals surface area contributed by atoms with E-state index < -0.39 is 0 Å². The Hall–Kier alpha value is -1.12. The molecular formula is C15H20O3. The maximum Gasteiger partial charge on any atom is 0.311 e. The summed E-state index contributed by atoms with van der Waals surface area (Å²) in [6, 6.07) is 0. The van der Waals surface area contributed by atoms with Crippen LogP contribution in [0.1, 0.15) is 39.5 Å². The van der Waals surface area contributed by atoms with Crippen LogP contribution >= 0.6 is 0 Å². The number of allylic oxidation sites excluding steroid dienone is 2. The van der Waals surface area contributed by atoms with E-state index in [2.05, 4.69) is 6.92 Å². The summed E-state index contributed by atoms with van der Waals surface area (Å²) in [6.07, 6.45) is 5.27. The molecule has 3 heteroatoms. The number of esters is 1. The molecule has 0 bridgehead atoms. The summed E-state index contributed by atoms with van der Waals surface area (Å²) >= 11 is 0. The van der Waals surface area contributed by atoms with Gasteiger partial charge in [-0.05, 0) is 49.5 Å². The second kappa shape index (κ2) is 3.46. The van der Waals surface area contributed by atoms with Gasteiger partial charge in [-0.3, -0.25) is 9.59 Å². The third-order valence-corrected chi connectivity index (χ3v) is 5.54. The van der Waals surface area contributed by atoms with E-state index in [9.17, 15) is 9.59 Å². The predicted molar refractivity (Wildman–Crippen MR) is 66.8 cm³/mol. The molecule has 3 rings (SSSR count). The zero-order valence-corrected chi connectivity index (χ0v) is 11.3. The second-order valence-corrected chi connectivity index (χ2v) is 6.76. The lowest BCUT2D eigenvalue weighted by Gasteiger charge is -2.30. The lowest BCUT2D eigenvalue weighted by molar-refractivity contribution is -0.151. The largest absolute Gasteiger partial charge is 0.469 e. The van der Waals surface area contributed by atoms with Crippen LogP contribution in [0.15, 0.2) is 11.6 Å². The first-order chi connectivity index (χ1) is 8.39. The van der Waals surface area contributed by atoms with Crippen LogP contribution in [0.3, 0.4) is 0 Å². The molecule has 3 aliphatic carbocycles. The molecule has 0 aromatic heterocycles. The highest BCUT2D eigenvalue weighted by Gasteiger charge is 2.60. The number of carbonyl (C=O) groups is 2. The van der Waals surface area contributed by atoms with Crippen molar-refractivity contribution in [1.82, 2.24) is 0 Å². The quantitative estimate of drug-likeness (QED) is 0.670. The molecule has 4 atom stereocenters. The van der Waals surface area contributed by atoms with Crippen LogP contribution in [0.25, 0.3) is 0 Å². The molecular weight excluding hydrogens is 228 g/mol. The summed E-state index contributed by atoms with van der Waals surface area (Å²) in [5.41, 5.74) is 1.01. The van der Waals surface area contributed by atoms with Gasteiger partial charge >= 0.3 is 5.97 Å². The molecule has 0 amide bonds. The van der Waals surface area contributed by atoms with Gasteiger partial charge in [0.1, 0.15) is 0 Å². The first kappa shape index (κ1) is 11.9. The van der Waals surface area contributed by atoms with Crippen molar-refractivity contribution in [3.63, 3.8) is 0 Å². The maximum atomic E-state index is 11.9. The SMILES string of the molecule is COC(=O)[C@@]1(C)C[C@@H]2CC3=CC(=O)C[C@@]3(C)[C@@H]2C1. The molecule has 2 saturated carbocycles. The van der Waals surface area contributed by atoms with Gasteiger partial charge < -0.3 is 4.74 Å². The van der Waals surface area contributed by atoms with Gasteiger partial charge in [0, 0.05) is 6.42 Å². The van der Waals surface area contributed by atoms with Gasteiger partial charge in [0.2, 0.25) is 0 Å². The van der Waals surface area contributed by atoms with E-state index in [1.807, 2.05) is 13.0 Å². The number of ether oxygens (including phenoxy) is 1. The van der Waals surface area contributed by atoms with E-state index in [-0.39, 0.29) is 22.6 Å². The van der Waals surface area contributed by atoms with Gasteiger partial charge in [-0.25, -0.2) is 0 Å². The lowest BCUT2D eigenvalue weighted by atomic mass is 9.73. The van der Waals surface area contributed by atoms with Crippen molar-refractivity contribution in [1.29, 1.82) is 0 Å². The standard InChI is InChI=1S/C15H20O3/c1-14(13(17)18-3)6-9-4-10-5-11(16)7-15(10,2)12(9)8-14/h5,9,12H,4,6-8H2,1-3H3/t9-,12+,14-,15+/m0/s1. The van der Waals surface area contributed by atoms with Crippen LogP contribution < -0.4 is 0 Å². The van der Waals surface area contributed by atoms with Crippen molar-refractivity contribution in [2.75, 3.05) is 7.11 Å². The zero-order valence-electron chi connectivity index (χ0n) is 11.3. The third kappa shape index (κ3) is 1.36. The Balaban J connectivity index is 1.89. The molecule has 98 valence electrons. The van der Waals surface area contributed by atoms with Gasteiger partial charge in [0.15, 0.2) is 5.78 Å². The molecule has 3 aliphatic rings. The summed E-state index contributed by atoms with van der Waals surface area (Å²) < 4.78 is 4.95. The van der Waals surface area contributed by atoms with Crippen LogP contribution in [0.4, 0.5) is 0 Å². The number of hydrogen-bond donors (Lipinski definition) is 0. The topological polar surface area (TPSA) is 43.4 Å². The van der Waals surface area contributed by atoms with Crippen molar-refractivity contribution in [2.45, 2.75) is 39.5 Å². The lowest BCUT2D eigenvalue weighted by Crippen LogP contribution is -2.29. The molecule has 0 N–H and O–H groups in total. The summed E-state index contributed by atoms with van der Waals surface area (Å²) in [4.78, 5) is 23.6. The van der Waals surface area contributed by atoms with Crippen LogP contribution in [-0.4, -0.2) is 18.9 Å². The van der Waals surface area contributed by atoms with Gasteiger partial charge in [-0.1, -0.05) is 12.5 Å². The number of hydrogen-bond acceptors (Lipinski definition) is 3. The summed E-state index contributed by atoms with van der Waals surface area (Å²) in [5, 5.41) is 0. The molecule has 3 nitrogen and oxygen atoms in total. The Bertz CT molecular complexity index is 464. The smallest absolute Gasteiger partial charge is 0.311 e. The minimum Gasteiger partial charge on any atom is -0.469 e. The molecule has 0 radical (unpaired) electrons. The highest BCUT2D eigenvalue weighted by Crippen LogP contribution is 2.65. The van der Waals surface area contributed by atoms with Crippen LogP contribution in [0.5, 0.6) is 0 Å². The zero-order chi connectivity index (χ0) is 13.1. The fourth-order valence-electron chi connectivity index (χ4n) is 4.66. The first-order valence-electron chi connectivity index (χ1n) is 6.71. The Morgan fingerprint density at radius 2 is 2.11 bits per heavy atom. The van der Waals surface area contributed by atoms with Crippen molar-refractivity contribution in [3.8, 4) is 0 Å². The van der Waals surface area contributed by atoms with Gasteiger partial charge in [-0.15, -0.1) is 0 Å².